The van der Waals surface area contributed by atoms with Gasteiger partial charge in [0.25, 0.3) is 0 Å². The van der Waals surface area contributed by atoms with Crippen molar-refractivity contribution in [1.82, 2.24) is 5.32 Å². The first kappa shape index (κ1) is 13.4. The molecule has 2 aromatic carbocycles. The van der Waals surface area contributed by atoms with E-state index < -0.39 is 0 Å². The van der Waals surface area contributed by atoms with E-state index >= 15 is 0 Å². The highest BCUT2D eigenvalue weighted by molar-refractivity contribution is 5.59. The Balaban J connectivity index is 2.00. The molecule has 2 aromatic rings. The van der Waals surface area contributed by atoms with Crippen LogP contribution in [0.5, 0.6) is 0 Å². The van der Waals surface area contributed by atoms with E-state index in [0.717, 1.165) is 17.9 Å². The van der Waals surface area contributed by atoms with E-state index in [-0.39, 0.29) is 0 Å². The summed E-state index contributed by atoms with van der Waals surface area (Å²) in [6.45, 7) is 6.70. The van der Waals surface area contributed by atoms with Gasteiger partial charge in [-0.15, -0.1) is 6.58 Å². The van der Waals surface area contributed by atoms with Crippen LogP contribution in [0.2, 0.25) is 0 Å². The SMILES string of the molecule is C=CCNC(C)c1ccc(Nc2ccccc2)cc1. The molecule has 0 fully saturated rings. The molecular formula is C17H20N2. The van der Waals surface area contributed by atoms with Crippen LogP contribution in [-0.2, 0) is 0 Å². The van der Waals surface area contributed by atoms with E-state index in [4.69, 9.17) is 0 Å². The molecule has 19 heavy (non-hydrogen) atoms. The van der Waals surface area contributed by atoms with Crippen molar-refractivity contribution < 1.29 is 0 Å². The molecule has 0 amide bonds. The van der Waals surface area contributed by atoms with E-state index in [1.165, 1.54) is 5.56 Å². The minimum absolute atomic E-state index is 0.337. The van der Waals surface area contributed by atoms with Gasteiger partial charge in [0.15, 0.2) is 0 Å². The zero-order valence-electron chi connectivity index (χ0n) is 11.3. The quantitative estimate of drug-likeness (QED) is 0.750. The average molecular weight is 252 g/mol. The molecule has 0 aliphatic heterocycles. The van der Waals surface area contributed by atoms with E-state index in [2.05, 4.69) is 60.5 Å². The Hall–Kier alpha value is -2.06. The van der Waals surface area contributed by atoms with Crippen molar-refractivity contribution in [2.24, 2.45) is 0 Å². The summed E-state index contributed by atoms with van der Waals surface area (Å²) in [6, 6.07) is 19.0. The van der Waals surface area contributed by atoms with Gasteiger partial charge < -0.3 is 10.6 Å². The van der Waals surface area contributed by atoms with Crippen LogP contribution in [-0.4, -0.2) is 6.54 Å². The maximum Gasteiger partial charge on any atom is 0.0384 e. The monoisotopic (exact) mass is 252 g/mol. The first-order valence-electron chi connectivity index (χ1n) is 6.56. The third-order valence-electron chi connectivity index (χ3n) is 3.04. The van der Waals surface area contributed by atoms with Gasteiger partial charge in [0.2, 0.25) is 0 Å². The van der Waals surface area contributed by atoms with Crippen LogP contribution in [0.4, 0.5) is 11.4 Å². The fraction of sp³-hybridized carbons (Fsp3) is 0.176. The molecule has 1 unspecified atom stereocenters. The molecule has 2 nitrogen and oxygen atoms in total. The van der Waals surface area contributed by atoms with Crippen molar-refractivity contribution in [3.05, 3.63) is 72.8 Å². The van der Waals surface area contributed by atoms with Gasteiger partial charge in [-0.05, 0) is 36.8 Å². The smallest absolute Gasteiger partial charge is 0.0384 e. The second-order valence-corrected chi connectivity index (χ2v) is 4.53. The van der Waals surface area contributed by atoms with Crippen molar-refractivity contribution in [3.8, 4) is 0 Å². The Kier molecular flexibility index (Phi) is 4.76. The second-order valence-electron chi connectivity index (χ2n) is 4.53. The van der Waals surface area contributed by atoms with E-state index in [1.54, 1.807) is 0 Å². The molecule has 0 saturated carbocycles. The molecule has 2 N–H and O–H groups in total. The predicted octanol–water partition coefficient (Wildman–Crippen LogP) is 4.27. The molecule has 2 heteroatoms. The maximum atomic E-state index is 3.71. The van der Waals surface area contributed by atoms with Gasteiger partial charge in [0, 0.05) is 24.0 Å². The molecular weight excluding hydrogens is 232 g/mol. The number of rotatable bonds is 6. The molecule has 0 aliphatic carbocycles. The summed E-state index contributed by atoms with van der Waals surface area (Å²) < 4.78 is 0. The van der Waals surface area contributed by atoms with E-state index in [1.807, 2.05) is 24.3 Å². The Morgan fingerprint density at radius 2 is 1.63 bits per heavy atom. The Morgan fingerprint density at radius 3 is 2.26 bits per heavy atom. The van der Waals surface area contributed by atoms with Gasteiger partial charge >= 0.3 is 0 Å². The topological polar surface area (TPSA) is 24.1 Å². The third-order valence-corrected chi connectivity index (χ3v) is 3.04. The second kappa shape index (κ2) is 6.76. The van der Waals surface area contributed by atoms with Crippen molar-refractivity contribution in [3.63, 3.8) is 0 Å². The highest BCUT2D eigenvalue weighted by Crippen LogP contribution is 2.19. The standard InChI is InChI=1S/C17H20N2/c1-3-13-18-14(2)15-9-11-17(12-10-15)19-16-7-5-4-6-8-16/h3-12,14,18-19H,1,13H2,2H3. The van der Waals surface area contributed by atoms with Gasteiger partial charge in [-0.1, -0.05) is 36.4 Å². The summed E-state index contributed by atoms with van der Waals surface area (Å²) in [4.78, 5) is 0. The van der Waals surface area contributed by atoms with Crippen LogP contribution in [0.1, 0.15) is 18.5 Å². The first-order valence-corrected chi connectivity index (χ1v) is 6.56. The van der Waals surface area contributed by atoms with Crippen LogP contribution in [0, 0.1) is 0 Å². The number of anilines is 2. The lowest BCUT2D eigenvalue weighted by atomic mass is 10.1. The number of hydrogen-bond acceptors (Lipinski definition) is 2. The number of hydrogen-bond donors (Lipinski definition) is 2. The van der Waals surface area contributed by atoms with Crippen LogP contribution >= 0.6 is 0 Å². The zero-order valence-corrected chi connectivity index (χ0v) is 11.3. The number of para-hydroxylation sites is 1. The largest absolute Gasteiger partial charge is 0.356 e. The highest BCUT2D eigenvalue weighted by Gasteiger charge is 2.03. The summed E-state index contributed by atoms with van der Waals surface area (Å²) in [6.07, 6.45) is 1.88. The number of benzene rings is 2. The van der Waals surface area contributed by atoms with E-state index in [0.29, 0.717) is 6.04 Å². The van der Waals surface area contributed by atoms with Crippen LogP contribution in [0.25, 0.3) is 0 Å². The minimum atomic E-state index is 0.337. The van der Waals surface area contributed by atoms with Crippen molar-refractivity contribution >= 4 is 11.4 Å². The maximum absolute atomic E-state index is 3.71. The Morgan fingerprint density at radius 1 is 1.00 bits per heavy atom. The van der Waals surface area contributed by atoms with Crippen molar-refractivity contribution in [2.75, 3.05) is 11.9 Å². The zero-order chi connectivity index (χ0) is 13.5. The molecule has 0 bridgehead atoms. The molecule has 0 spiro atoms. The van der Waals surface area contributed by atoms with Crippen LogP contribution in [0.3, 0.4) is 0 Å². The third kappa shape index (κ3) is 3.97. The molecule has 98 valence electrons. The van der Waals surface area contributed by atoms with Gasteiger partial charge in [-0.3, -0.25) is 0 Å². The fourth-order valence-electron chi connectivity index (χ4n) is 1.92. The molecule has 0 radical (unpaired) electrons. The summed E-state index contributed by atoms with van der Waals surface area (Å²) >= 11 is 0. The minimum Gasteiger partial charge on any atom is -0.356 e. The molecule has 2 rings (SSSR count). The van der Waals surface area contributed by atoms with E-state index in [9.17, 15) is 0 Å². The molecule has 0 aliphatic rings. The first-order chi connectivity index (χ1) is 9.29. The fourth-order valence-corrected chi connectivity index (χ4v) is 1.92. The highest BCUT2D eigenvalue weighted by atomic mass is 14.9. The summed E-state index contributed by atoms with van der Waals surface area (Å²) in [5.41, 5.74) is 3.49. The Bertz CT molecular complexity index is 503. The summed E-state index contributed by atoms with van der Waals surface area (Å²) in [5, 5.41) is 6.76. The average Bonchev–Trinajstić information content (AvgIpc) is 2.46. The normalized spacial score (nSPS) is 11.8. The van der Waals surface area contributed by atoms with Gasteiger partial charge in [0.05, 0.1) is 0 Å². The van der Waals surface area contributed by atoms with Crippen molar-refractivity contribution in [2.45, 2.75) is 13.0 Å². The van der Waals surface area contributed by atoms with Gasteiger partial charge in [-0.25, -0.2) is 0 Å². The van der Waals surface area contributed by atoms with Crippen molar-refractivity contribution in [1.29, 1.82) is 0 Å². The lowest BCUT2D eigenvalue weighted by Gasteiger charge is -2.14. The molecule has 1 atom stereocenters. The predicted molar refractivity (Wildman–Crippen MR) is 82.8 cm³/mol. The lowest BCUT2D eigenvalue weighted by Crippen LogP contribution is -2.18. The summed E-state index contributed by atoms with van der Waals surface area (Å²) in [5.74, 6) is 0. The number of nitrogens with one attached hydrogen (secondary N) is 2. The summed E-state index contributed by atoms with van der Waals surface area (Å²) in [7, 11) is 0. The van der Waals surface area contributed by atoms with Crippen LogP contribution < -0.4 is 10.6 Å². The lowest BCUT2D eigenvalue weighted by molar-refractivity contribution is 0.618. The molecule has 0 saturated heterocycles. The Labute approximate surface area is 115 Å². The van der Waals surface area contributed by atoms with Crippen LogP contribution in [0.15, 0.2) is 67.3 Å². The van der Waals surface area contributed by atoms with Gasteiger partial charge in [-0.2, -0.15) is 0 Å². The molecule has 0 aromatic heterocycles. The van der Waals surface area contributed by atoms with Gasteiger partial charge in [0.1, 0.15) is 0 Å². The molecule has 0 heterocycles.